The summed E-state index contributed by atoms with van der Waals surface area (Å²) < 4.78 is 12.8. The summed E-state index contributed by atoms with van der Waals surface area (Å²) in [6.45, 7) is 0. The van der Waals surface area contributed by atoms with Gasteiger partial charge in [0.15, 0.2) is 0 Å². The van der Waals surface area contributed by atoms with E-state index < -0.39 is 0 Å². The Labute approximate surface area is 128 Å². The Kier molecular flexibility index (Phi) is 4.03. The van der Waals surface area contributed by atoms with Gasteiger partial charge in [0.1, 0.15) is 0 Å². The number of hydrazine groups is 1. The van der Waals surface area contributed by atoms with Crippen molar-refractivity contribution in [1.29, 1.82) is 0 Å². The molecule has 0 fully saturated rings. The summed E-state index contributed by atoms with van der Waals surface area (Å²) in [5.41, 5.74) is 4.46. The molecule has 22 heavy (non-hydrogen) atoms. The Bertz CT molecular complexity index is 723. The molecule has 0 aliphatic heterocycles. The van der Waals surface area contributed by atoms with Crippen molar-refractivity contribution in [2.45, 2.75) is 0 Å². The monoisotopic (exact) mass is 293 g/mol. The maximum atomic E-state index is 12.8. The van der Waals surface area contributed by atoms with Crippen molar-refractivity contribution in [3.8, 4) is 11.1 Å². The van der Waals surface area contributed by atoms with Crippen molar-refractivity contribution in [3.63, 3.8) is 0 Å². The van der Waals surface area contributed by atoms with Gasteiger partial charge < -0.3 is 5.32 Å². The van der Waals surface area contributed by atoms with Gasteiger partial charge in [-0.1, -0.05) is 46.9 Å². The lowest BCUT2D eigenvalue weighted by Crippen LogP contribution is -2.19. The van der Waals surface area contributed by atoms with Gasteiger partial charge in [0.2, 0.25) is 0 Å². The van der Waals surface area contributed by atoms with Gasteiger partial charge in [0, 0.05) is 11.4 Å². The van der Waals surface area contributed by atoms with Crippen LogP contribution in [0, 0.1) is 0 Å². The number of nitrogens with two attached hydrogens (primary N) is 1. The second kappa shape index (κ2) is 6.28. The fraction of sp³-hybridized carbons (Fsp3) is 0. The first-order valence-corrected chi connectivity index (χ1v) is 6.95. The maximum absolute atomic E-state index is 12.8. The third-order valence-corrected chi connectivity index (χ3v) is 3.39. The molecule has 0 heterocycles. The highest BCUT2D eigenvalue weighted by Crippen LogP contribution is 2.25. The number of halogens is 1. The Balaban J connectivity index is 1.76. The summed E-state index contributed by atoms with van der Waals surface area (Å²) in [5.74, 6) is 5.05. The first kappa shape index (κ1) is 14.1. The highest BCUT2D eigenvalue weighted by atomic mass is 19.2. The maximum Gasteiger partial charge on any atom is 0.0873 e. The zero-order valence-corrected chi connectivity index (χ0v) is 11.9. The van der Waals surface area contributed by atoms with Crippen LogP contribution in [-0.2, 0) is 0 Å². The Morgan fingerprint density at radius 2 is 1.18 bits per heavy atom. The van der Waals surface area contributed by atoms with E-state index in [1.54, 1.807) is 12.1 Å². The number of nitrogens with one attached hydrogen (secondary N) is 1. The van der Waals surface area contributed by atoms with Gasteiger partial charge in [0.05, 0.1) is 5.69 Å². The second-order valence-electron chi connectivity index (χ2n) is 4.93. The van der Waals surface area contributed by atoms with Crippen LogP contribution >= 0.6 is 0 Å². The first-order chi connectivity index (χ1) is 10.7. The van der Waals surface area contributed by atoms with Crippen LogP contribution in [0.1, 0.15) is 0 Å². The van der Waals surface area contributed by atoms with Crippen LogP contribution in [0.2, 0.25) is 0 Å². The minimum Gasteiger partial charge on any atom is -0.356 e. The van der Waals surface area contributed by atoms with Crippen molar-refractivity contribution < 1.29 is 4.48 Å². The van der Waals surface area contributed by atoms with E-state index >= 15 is 0 Å². The smallest absolute Gasteiger partial charge is 0.0873 e. The fourth-order valence-corrected chi connectivity index (χ4v) is 2.23. The second-order valence-corrected chi connectivity index (χ2v) is 4.93. The highest BCUT2D eigenvalue weighted by Gasteiger charge is 2.02. The van der Waals surface area contributed by atoms with Crippen molar-refractivity contribution in [3.05, 3.63) is 78.9 Å². The number of hydrogen-bond acceptors (Lipinski definition) is 3. The van der Waals surface area contributed by atoms with Gasteiger partial charge in [-0.2, -0.15) is 0 Å². The zero-order valence-electron chi connectivity index (χ0n) is 11.9. The lowest BCUT2D eigenvalue weighted by Gasteiger charge is -2.09. The lowest BCUT2D eigenvalue weighted by atomic mass is 10.1. The molecule has 0 saturated heterocycles. The molecular formula is C18H16FN3. The van der Waals surface area contributed by atoms with Crippen LogP contribution in [0.3, 0.4) is 0 Å². The van der Waals surface area contributed by atoms with Gasteiger partial charge in [-0.05, 0) is 47.5 Å². The summed E-state index contributed by atoms with van der Waals surface area (Å²) in [7, 11) is 0. The molecule has 0 aliphatic rings. The molecule has 0 bridgehead atoms. The molecule has 0 radical (unpaired) electrons. The number of benzene rings is 3. The third-order valence-electron chi connectivity index (χ3n) is 3.39. The number of rotatable bonds is 4. The molecule has 4 heteroatoms. The van der Waals surface area contributed by atoms with E-state index in [2.05, 4.69) is 5.32 Å². The normalized spacial score (nSPS) is 10.3. The summed E-state index contributed by atoms with van der Waals surface area (Å²) in [6.07, 6.45) is 0. The van der Waals surface area contributed by atoms with Crippen LogP contribution in [-0.4, -0.2) is 0 Å². The van der Waals surface area contributed by atoms with Gasteiger partial charge in [-0.25, -0.2) is 5.84 Å². The van der Waals surface area contributed by atoms with Crippen molar-refractivity contribution >= 4 is 17.1 Å². The predicted octanol–water partition coefficient (Wildman–Crippen LogP) is 4.66. The van der Waals surface area contributed by atoms with E-state index in [-0.39, 0.29) is 5.23 Å². The lowest BCUT2D eigenvalue weighted by molar-refractivity contribution is 0.444. The topological polar surface area (TPSA) is 41.3 Å². The molecule has 3 N–H and O–H groups in total. The Morgan fingerprint density at radius 3 is 1.73 bits per heavy atom. The summed E-state index contributed by atoms with van der Waals surface area (Å²) >= 11 is 0. The minimum atomic E-state index is 0.108. The molecule has 0 spiro atoms. The quantitative estimate of drug-likeness (QED) is 0.417. The van der Waals surface area contributed by atoms with Crippen LogP contribution in [0.5, 0.6) is 0 Å². The van der Waals surface area contributed by atoms with Crippen molar-refractivity contribution in [2.75, 3.05) is 10.5 Å². The van der Waals surface area contributed by atoms with Gasteiger partial charge in [0.25, 0.3) is 0 Å². The molecule has 0 atom stereocenters. The molecule has 3 aromatic carbocycles. The summed E-state index contributed by atoms with van der Waals surface area (Å²) in [6, 6.07) is 25.0. The van der Waals surface area contributed by atoms with Crippen LogP contribution in [0.15, 0.2) is 78.9 Å². The first-order valence-electron chi connectivity index (χ1n) is 6.95. The molecule has 0 saturated carbocycles. The summed E-state index contributed by atoms with van der Waals surface area (Å²) in [5, 5.41) is 3.44. The standard InChI is InChI=1S/C18H16FN3/c19-22(20)18-12-8-15(9-13-18)14-6-10-17(11-7-14)21-16-4-2-1-3-5-16/h1-13,21H,20H2. The van der Waals surface area contributed by atoms with Crippen molar-refractivity contribution in [2.24, 2.45) is 5.84 Å². The van der Waals surface area contributed by atoms with E-state index in [9.17, 15) is 4.48 Å². The third kappa shape index (κ3) is 3.24. The molecular weight excluding hydrogens is 277 g/mol. The molecule has 0 aliphatic carbocycles. The number of anilines is 3. The van der Waals surface area contributed by atoms with Gasteiger partial charge in [-0.15, -0.1) is 5.23 Å². The van der Waals surface area contributed by atoms with Crippen LogP contribution in [0.4, 0.5) is 21.5 Å². The highest BCUT2D eigenvalue weighted by molar-refractivity contribution is 5.69. The predicted molar refractivity (Wildman–Crippen MR) is 89.4 cm³/mol. The van der Waals surface area contributed by atoms with Crippen LogP contribution < -0.4 is 16.4 Å². The molecule has 0 unspecified atom stereocenters. The van der Waals surface area contributed by atoms with E-state index in [0.29, 0.717) is 5.69 Å². The fourth-order valence-electron chi connectivity index (χ4n) is 2.23. The zero-order chi connectivity index (χ0) is 15.4. The molecule has 3 aromatic rings. The molecule has 0 aromatic heterocycles. The van der Waals surface area contributed by atoms with Gasteiger partial charge >= 0.3 is 0 Å². The molecule has 0 amide bonds. The average Bonchev–Trinajstić information content (AvgIpc) is 2.57. The Morgan fingerprint density at radius 1 is 0.682 bits per heavy atom. The van der Waals surface area contributed by atoms with E-state index in [1.165, 1.54) is 0 Å². The Hall–Kier alpha value is -2.85. The van der Waals surface area contributed by atoms with Crippen molar-refractivity contribution in [1.82, 2.24) is 0 Å². The molecule has 110 valence electrons. The van der Waals surface area contributed by atoms with E-state index in [1.807, 2.05) is 66.7 Å². The van der Waals surface area contributed by atoms with E-state index in [4.69, 9.17) is 5.84 Å². The average molecular weight is 293 g/mol. The number of nitrogens with zero attached hydrogens (tertiary/aromatic N) is 1. The van der Waals surface area contributed by atoms with E-state index in [0.717, 1.165) is 22.5 Å². The molecule has 3 nitrogen and oxygen atoms in total. The minimum absolute atomic E-state index is 0.108. The number of para-hydroxylation sites is 1. The molecule has 3 rings (SSSR count). The van der Waals surface area contributed by atoms with Crippen LogP contribution in [0.25, 0.3) is 11.1 Å². The largest absolute Gasteiger partial charge is 0.356 e. The number of hydrogen-bond donors (Lipinski definition) is 2. The summed E-state index contributed by atoms with van der Waals surface area (Å²) in [4.78, 5) is 0. The SMILES string of the molecule is NN(F)c1ccc(-c2ccc(Nc3ccccc3)cc2)cc1. The van der Waals surface area contributed by atoms with Gasteiger partial charge in [-0.3, -0.25) is 0 Å².